The summed E-state index contributed by atoms with van der Waals surface area (Å²) in [6.45, 7) is 3.35. The molecule has 1 aromatic heterocycles. The average Bonchev–Trinajstić information content (AvgIpc) is 2.72. The molecule has 18 heavy (non-hydrogen) atoms. The molecule has 0 amide bonds. The minimum absolute atomic E-state index is 0.0620. The number of nitrogens with zero attached hydrogens (tertiary/aromatic N) is 1. The Hall–Kier alpha value is -1.32. The number of para-hydroxylation sites is 1. The van der Waals surface area contributed by atoms with Crippen molar-refractivity contribution in [1.82, 2.24) is 4.57 Å². The molecule has 3 heterocycles. The van der Waals surface area contributed by atoms with E-state index in [9.17, 15) is 0 Å². The summed E-state index contributed by atoms with van der Waals surface area (Å²) in [5.74, 6) is 0. The first kappa shape index (κ1) is 10.6. The van der Waals surface area contributed by atoms with E-state index in [0.717, 1.165) is 19.8 Å². The van der Waals surface area contributed by atoms with Crippen LogP contribution in [0, 0.1) is 0 Å². The maximum absolute atomic E-state index is 6.01. The minimum Gasteiger partial charge on any atom is -0.379 e. The Bertz CT molecular complexity index is 605. The Labute approximate surface area is 107 Å². The highest BCUT2D eigenvalue weighted by atomic mass is 16.5. The van der Waals surface area contributed by atoms with Crippen molar-refractivity contribution in [3.8, 4) is 0 Å². The lowest BCUT2D eigenvalue weighted by Gasteiger charge is -2.40. The Morgan fingerprint density at radius 1 is 1.33 bits per heavy atom. The summed E-state index contributed by atoms with van der Waals surface area (Å²) in [6, 6.07) is 6.68. The molecule has 0 radical (unpaired) electrons. The molecule has 2 aliphatic heterocycles. The van der Waals surface area contributed by atoms with Crippen molar-refractivity contribution in [1.29, 1.82) is 0 Å². The van der Waals surface area contributed by atoms with Gasteiger partial charge in [-0.25, -0.2) is 0 Å². The molecule has 94 valence electrons. The highest BCUT2D eigenvalue weighted by molar-refractivity contribution is 5.88. The molecule has 1 fully saturated rings. The maximum Gasteiger partial charge on any atom is 0.0598 e. The van der Waals surface area contributed by atoms with Gasteiger partial charge in [-0.05, 0) is 24.0 Å². The Morgan fingerprint density at radius 2 is 2.22 bits per heavy atom. The predicted molar refractivity (Wildman–Crippen MR) is 71.8 cm³/mol. The van der Waals surface area contributed by atoms with Gasteiger partial charge in [0.2, 0.25) is 0 Å². The standard InChI is InChI=1S/C15H18N2O/c16-8-15(9-18-10-15)13-7-17-6-2-4-11-3-1-5-12(13)14(11)17/h1,3,5,7H,2,4,6,8-10,16H2. The minimum atomic E-state index is 0.0620. The fourth-order valence-corrected chi connectivity index (χ4v) is 3.41. The van der Waals surface area contributed by atoms with Gasteiger partial charge in [0, 0.05) is 24.7 Å². The molecule has 0 unspecified atom stereocenters. The summed E-state index contributed by atoms with van der Waals surface area (Å²) in [4.78, 5) is 0. The van der Waals surface area contributed by atoms with Crippen LogP contribution >= 0.6 is 0 Å². The van der Waals surface area contributed by atoms with Crippen molar-refractivity contribution in [2.45, 2.75) is 24.8 Å². The van der Waals surface area contributed by atoms with Gasteiger partial charge in [0.25, 0.3) is 0 Å². The highest BCUT2D eigenvalue weighted by Crippen LogP contribution is 2.39. The molecular formula is C15H18N2O. The second kappa shape index (κ2) is 3.59. The highest BCUT2D eigenvalue weighted by Gasteiger charge is 2.41. The Kier molecular flexibility index (Phi) is 2.11. The van der Waals surface area contributed by atoms with E-state index in [0.29, 0.717) is 6.54 Å². The summed E-state index contributed by atoms with van der Waals surface area (Å²) < 4.78 is 7.85. The normalized spacial score (nSPS) is 20.9. The first-order valence-electron chi connectivity index (χ1n) is 6.73. The van der Waals surface area contributed by atoms with Gasteiger partial charge < -0.3 is 15.0 Å². The smallest absolute Gasteiger partial charge is 0.0598 e. The van der Waals surface area contributed by atoms with Crippen molar-refractivity contribution in [3.05, 3.63) is 35.5 Å². The Balaban J connectivity index is 2.00. The summed E-state index contributed by atoms with van der Waals surface area (Å²) in [7, 11) is 0. The van der Waals surface area contributed by atoms with Crippen LogP contribution in [-0.2, 0) is 23.1 Å². The topological polar surface area (TPSA) is 40.2 Å². The third-order valence-electron chi connectivity index (χ3n) is 4.55. The monoisotopic (exact) mass is 242 g/mol. The lowest BCUT2D eigenvalue weighted by Crippen LogP contribution is -2.52. The van der Waals surface area contributed by atoms with E-state index < -0.39 is 0 Å². The number of rotatable bonds is 2. The van der Waals surface area contributed by atoms with Crippen LogP contribution in [0.2, 0.25) is 0 Å². The number of benzene rings is 1. The number of hydrogen-bond donors (Lipinski definition) is 1. The van der Waals surface area contributed by atoms with E-state index in [1.54, 1.807) is 0 Å². The third-order valence-corrected chi connectivity index (χ3v) is 4.55. The maximum atomic E-state index is 6.01. The van der Waals surface area contributed by atoms with Crippen LogP contribution in [0.1, 0.15) is 17.5 Å². The lowest BCUT2D eigenvalue weighted by molar-refractivity contribution is -0.0543. The second-order valence-corrected chi connectivity index (χ2v) is 5.63. The van der Waals surface area contributed by atoms with Crippen LogP contribution in [-0.4, -0.2) is 24.3 Å². The molecule has 2 aromatic rings. The van der Waals surface area contributed by atoms with E-state index in [2.05, 4.69) is 29.0 Å². The molecule has 1 aromatic carbocycles. The third kappa shape index (κ3) is 1.21. The van der Waals surface area contributed by atoms with Crippen LogP contribution in [0.4, 0.5) is 0 Å². The molecule has 0 aliphatic carbocycles. The van der Waals surface area contributed by atoms with Gasteiger partial charge in [0.15, 0.2) is 0 Å². The Morgan fingerprint density at radius 3 is 2.94 bits per heavy atom. The van der Waals surface area contributed by atoms with Crippen molar-refractivity contribution >= 4 is 10.9 Å². The molecule has 3 nitrogen and oxygen atoms in total. The van der Waals surface area contributed by atoms with Gasteiger partial charge in [-0.2, -0.15) is 0 Å². The van der Waals surface area contributed by atoms with E-state index in [1.807, 2.05) is 0 Å². The van der Waals surface area contributed by atoms with Crippen molar-refractivity contribution < 1.29 is 4.74 Å². The zero-order valence-corrected chi connectivity index (χ0v) is 10.5. The molecule has 0 spiro atoms. The van der Waals surface area contributed by atoms with Crippen molar-refractivity contribution in [2.75, 3.05) is 19.8 Å². The molecular weight excluding hydrogens is 224 g/mol. The van der Waals surface area contributed by atoms with Gasteiger partial charge in [-0.15, -0.1) is 0 Å². The summed E-state index contributed by atoms with van der Waals surface area (Å²) in [5.41, 5.74) is 10.4. The molecule has 1 saturated heterocycles. The molecule has 0 bridgehead atoms. The van der Waals surface area contributed by atoms with Gasteiger partial charge in [-0.3, -0.25) is 0 Å². The zero-order chi connectivity index (χ0) is 12.2. The first-order valence-corrected chi connectivity index (χ1v) is 6.73. The molecule has 2 N–H and O–H groups in total. The summed E-state index contributed by atoms with van der Waals surface area (Å²) in [5, 5.41) is 1.39. The number of aromatic nitrogens is 1. The quantitative estimate of drug-likeness (QED) is 0.872. The van der Waals surface area contributed by atoms with E-state index >= 15 is 0 Å². The number of ether oxygens (including phenoxy) is 1. The van der Waals surface area contributed by atoms with Crippen LogP contribution in [0.25, 0.3) is 10.9 Å². The first-order chi connectivity index (χ1) is 8.84. The SMILES string of the molecule is NCC1(c2cn3c4c(cccc24)CCC3)COC1. The van der Waals surface area contributed by atoms with Gasteiger partial charge in [-0.1, -0.05) is 18.2 Å². The molecule has 2 aliphatic rings. The summed E-state index contributed by atoms with van der Waals surface area (Å²) >= 11 is 0. The fraction of sp³-hybridized carbons (Fsp3) is 0.467. The predicted octanol–water partition coefficient (Wildman–Crippen LogP) is 1.81. The van der Waals surface area contributed by atoms with Crippen LogP contribution in [0.15, 0.2) is 24.4 Å². The second-order valence-electron chi connectivity index (χ2n) is 5.63. The molecule has 0 saturated carbocycles. The van der Waals surface area contributed by atoms with Gasteiger partial charge in [0.05, 0.1) is 24.1 Å². The number of hydrogen-bond acceptors (Lipinski definition) is 2. The largest absolute Gasteiger partial charge is 0.379 e. The van der Waals surface area contributed by atoms with Gasteiger partial charge >= 0.3 is 0 Å². The van der Waals surface area contributed by atoms with Crippen LogP contribution in [0.3, 0.4) is 0 Å². The van der Waals surface area contributed by atoms with E-state index in [-0.39, 0.29) is 5.41 Å². The van der Waals surface area contributed by atoms with Crippen LogP contribution in [0.5, 0.6) is 0 Å². The number of nitrogens with two attached hydrogens (primary N) is 1. The average molecular weight is 242 g/mol. The molecule has 4 rings (SSSR count). The van der Waals surface area contributed by atoms with Crippen LogP contribution < -0.4 is 5.73 Å². The fourth-order valence-electron chi connectivity index (χ4n) is 3.41. The van der Waals surface area contributed by atoms with E-state index in [1.165, 1.54) is 34.9 Å². The van der Waals surface area contributed by atoms with Gasteiger partial charge in [0.1, 0.15) is 0 Å². The van der Waals surface area contributed by atoms with Crippen molar-refractivity contribution in [3.63, 3.8) is 0 Å². The summed E-state index contributed by atoms with van der Waals surface area (Å²) in [6.07, 6.45) is 4.77. The number of aryl methyl sites for hydroxylation is 2. The van der Waals surface area contributed by atoms with E-state index in [4.69, 9.17) is 10.5 Å². The lowest BCUT2D eigenvalue weighted by atomic mass is 9.78. The zero-order valence-electron chi connectivity index (χ0n) is 10.5. The van der Waals surface area contributed by atoms with Crippen molar-refractivity contribution in [2.24, 2.45) is 5.73 Å². The molecule has 3 heteroatoms. The molecule has 0 atom stereocenters.